The maximum Gasteiger partial charge on any atom is 0.161 e. The standard InChI is InChI=1S/C15H13BrF2N2S/c1-8(9-4-2-3-5-11(9)17)20-12-7-6-10(15(19)21)13(16)14(12)18/h2-8,20H,1H3,(H2,19,21). The zero-order valence-corrected chi connectivity index (χ0v) is 13.6. The minimum absolute atomic E-state index is 0.106. The van der Waals surface area contributed by atoms with Crippen LogP contribution in [0.15, 0.2) is 40.9 Å². The summed E-state index contributed by atoms with van der Waals surface area (Å²) in [6.07, 6.45) is 0. The summed E-state index contributed by atoms with van der Waals surface area (Å²) in [7, 11) is 0. The largest absolute Gasteiger partial charge is 0.389 e. The molecule has 3 N–H and O–H groups in total. The Hall–Kier alpha value is -1.53. The van der Waals surface area contributed by atoms with Gasteiger partial charge in [-0.3, -0.25) is 0 Å². The van der Waals surface area contributed by atoms with Crippen molar-refractivity contribution in [2.75, 3.05) is 5.32 Å². The van der Waals surface area contributed by atoms with Gasteiger partial charge >= 0.3 is 0 Å². The Morgan fingerprint density at radius 2 is 1.90 bits per heavy atom. The summed E-state index contributed by atoms with van der Waals surface area (Å²) < 4.78 is 28.2. The van der Waals surface area contributed by atoms with Gasteiger partial charge in [-0.15, -0.1) is 0 Å². The highest BCUT2D eigenvalue weighted by Gasteiger charge is 2.16. The van der Waals surface area contributed by atoms with Gasteiger partial charge in [-0.2, -0.15) is 0 Å². The molecule has 0 amide bonds. The molecule has 1 atom stereocenters. The molecule has 0 spiro atoms. The molecule has 21 heavy (non-hydrogen) atoms. The normalized spacial score (nSPS) is 12.0. The van der Waals surface area contributed by atoms with Crippen LogP contribution in [0.1, 0.15) is 24.1 Å². The van der Waals surface area contributed by atoms with Crippen molar-refractivity contribution in [2.24, 2.45) is 5.73 Å². The molecule has 6 heteroatoms. The Morgan fingerprint density at radius 3 is 2.52 bits per heavy atom. The average Bonchev–Trinajstić information content (AvgIpc) is 2.44. The second kappa shape index (κ2) is 6.49. The molecule has 0 aliphatic rings. The van der Waals surface area contributed by atoms with Gasteiger partial charge in [0.25, 0.3) is 0 Å². The zero-order valence-electron chi connectivity index (χ0n) is 11.2. The van der Waals surface area contributed by atoms with E-state index in [2.05, 4.69) is 21.2 Å². The van der Waals surface area contributed by atoms with Crippen molar-refractivity contribution in [2.45, 2.75) is 13.0 Å². The predicted molar refractivity (Wildman–Crippen MR) is 88.4 cm³/mol. The number of nitrogens with one attached hydrogen (secondary N) is 1. The van der Waals surface area contributed by atoms with Crippen LogP contribution in [0.3, 0.4) is 0 Å². The smallest absolute Gasteiger partial charge is 0.161 e. The van der Waals surface area contributed by atoms with E-state index in [1.807, 2.05) is 0 Å². The molecule has 0 aliphatic carbocycles. The number of anilines is 1. The van der Waals surface area contributed by atoms with Crippen LogP contribution in [0.5, 0.6) is 0 Å². The van der Waals surface area contributed by atoms with Gasteiger partial charge in [0.1, 0.15) is 10.8 Å². The number of thiocarbonyl (C=S) groups is 1. The molecule has 0 bridgehead atoms. The van der Waals surface area contributed by atoms with Crippen molar-refractivity contribution in [1.29, 1.82) is 0 Å². The molecular weight excluding hydrogens is 358 g/mol. The van der Waals surface area contributed by atoms with E-state index in [4.69, 9.17) is 18.0 Å². The number of halogens is 3. The Labute approximate surface area is 135 Å². The highest BCUT2D eigenvalue weighted by molar-refractivity contribution is 9.10. The molecule has 2 nitrogen and oxygen atoms in total. The molecule has 2 aromatic rings. The van der Waals surface area contributed by atoms with Crippen LogP contribution in [0.25, 0.3) is 0 Å². The second-order valence-corrected chi connectivity index (χ2v) is 5.77. The van der Waals surface area contributed by atoms with Gasteiger partial charge in [0, 0.05) is 11.1 Å². The minimum atomic E-state index is -0.511. The summed E-state index contributed by atoms with van der Waals surface area (Å²) in [5, 5.41) is 2.95. The highest BCUT2D eigenvalue weighted by Crippen LogP contribution is 2.30. The van der Waals surface area contributed by atoms with E-state index in [0.29, 0.717) is 11.1 Å². The monoisotopic (exact) mass is 370 g/mol. The maximum atomic E-state index is 14.3. The number of nitrogens with two attached hydrogens (primary N) is 1. The van der Waals surface area contributed by atoms with E-state index in [-0.39, 0.29) is 27.0 Å². The SMILES string of the molecule is CC(Nc1ccc(C(N)=S)c(Br)c1F)c1ccccc1F. The highest BCUT2D eigenvalue weighted by atomic mass is 79.9. The summed E-state index contributed by atoms with van der Waals surface area (Å²) in [5.74, 6) is -0.847. The first-order chi connectivity index (χ1) is 9.91. The molecule has 0 saturated carbocycles. The summed E-state index contributed by atoms with van der Waals surface area (Å²) >= 11 is 7.98. The quantitative estimate of drug-likeness (QED) is 0.776. The van der Waals surface area contributed by atoms with Gasteiger partial charge in [0.2, 0.25) is 0 Å². The van der Waals surface area contributed by atoms with E-state index in [1.165, 1.54) is 12.1 Å². The number of benzene rings is 2. The Bertz CT molecular complexity index is 691. The zero-order chi connectivity index (χ0) is 15.6. The van der Waals surface area contributed by atoms with E-state index < -0.39 is 5.82 Å². The van der Waals surface area contributed by atoms with Crippen molar-refractivity contribution >= 4 is 38.8 Å². The van der Waals surface area contributed by atoms with Gasteiger partial charge < -0.3 is 11.1 Å². The Kier molecular flexibility index (Phi) is 4.90. The number of hydrogen-bond acceptors (Lipinski definition) is 2. The number of rotatable bonds is 4. The molecule has 0 heterocycles. The molecule has 0 aliphatic heterocycles. The van der Waals surface area contributed by atoms with Crippen LogP contribution in [-0.4, -0.2) is 4.99 Å². The van der Waals surface area contributed by atoms with Crippen LogP contribution in [0.4, 0.5) is 14.5 Å². The van der Waals surface area contributed by atoms with Crippen LogP contribution < -0.4 is 11.1 Å². The molecule has 2 rings (SSSR count). The second-order valence-electron chi connectivity index (χ2n) is 4.54. The van der Waals surface area contributed by atoms with Gasteiger partial charge in [-0.05, 0) is 41.1 Å². The first kappa shape index (κ1) is 15.9. The molecule has 2 aromatic carbocycles. The molecule has 0 aromatic heterocycles. The van der Waals surface area contributed by atoms with Gasteiger partial charge in [0.15, 0.2) is 5.82 Å². The average molecular weight is 371 g/mol. The van der Waals surface area contributed by atoms with Crippen molar-refractivity contribution < 1.29 is 8.78 Å². The molecule has 1 unspecified atom stereocenters. The first-order valence-corrected chi connectivity index (χ1v) is 7.40. The molecular formula is C15H13BrF2N2S. The van der Waals surface area contributed by atoms with Crippen molar-refractivity contribution in [3.8, 4) is 0 Å². The predicted octanol–water partition coefficient (Wildman–Crippen LogP) is 4.53. The van der Waals surface area contributed by atoms with E-state index in [9.17, 15) is 8.78 Å². The lowest BCUT2D eigenvalue weighted by molar-refractivity contribution is 0.595. The summed E-state index contributed by atoms with van der Waals surface area (Å²) in [6.45, 7) is 1.76. The van der Waals surface area contributed by atoms with Crippen molar-refractivity contribution in [3.63, 3.8) is 0 Å². The Balaban J connectivity index is 2.30. The topological polar surface area (TPSA) is 38.0 Å². The van der Waals surface area contributed by atoms with E-state index >= 15 is 0 Å². The lowest BCUT2D eigenvalue weighted by Crippen LogP contribution is -2.13. The van der Waals surface area contributed by atoms with Crippen LogP contribution >= 0.6 is 28.1 Å². The van der Waals surface area contributed by atoms with E-state index in [1.54, 1.807) is 31.2 Å². The van der Waals surface area contributed by atoms with Crippen molar-refractivity contribution in [3.05, 3.63) is 63.6 Å². The van der Waals surface area contributed by atoms with Crippen LogP contribution in [-0.2, 0) is 0 Å². The molecule has 0 radical (unpaired) electrons. The molecule has 0 fully saturated rings. The molecule has 110 valence electrons. The van der Waals surface area contributed by atoms with Crippen LogP contribution in [0.2, 0.25) is 0 Å². The fourth-order valence-electron chi connectivity index (χ4n) is 1.99. The lowest BCUT2D eigenvalue weighted by Gasteiger charge is -2.18. The third-order valence-corrected chi connectivity index (χ3v) is 4.09. The van der Waals surface area contributed by atoms with Crippen LogP contribution in [0, 0.1) is 11.6 Å². The van der Waals surface area contributed by atoms with Gasteiger partial charge in [0.05, 0.1) is 16.2 Å². The van der Waals surface area contributed by atoms with E-state index in [0.717, 1.165) is 0 Å². The summed E-state index contributed by atoms with van der Waals surface area (Å²) in [6, 6.07) is 9.14. The summed E-state index contributed by atoms with van der Waals surface area (Å²) in [5.41, 5.74) is 6.65. The maximum absolute atomic E-state index is 14.3. The summed E-state index contributed by atoms with van der Waals surface area (Å²) in [4.78, 5) is 0.106. The third-order valence-electron chi connectivity index (χ3n) is 3.09. The Morgan fingerprint density at radius 1 is 1.24 bits per heavy atom. The first-order valence-electron chi connectivity index (χ1n) is 6.20. The lowest BCUT2D eigenvalue weighted by atomic mass is 10.1. The van der Waals surface area contributed by atoms with Gasteiger partial charge in [-0.25, -0.2) is 8.78 Å². The fourth-order valence-corrected chi connectivity index (χ4v) is 2.85. The minimum Gasteiger partial charge on any atom is -0.389 e. The third kappa shape index (κ3) is 3.39. The van der Waals surface area contributed by atoms with Crippen molar-refractivity contribution in [1.82, 2.24) is 0 Å². The number of hydrogen-bond donors (Lipinski definition) is 2. The fraction of sp³-hybridized carbons (Fsp3) is 0.133. The molecule has 0 saturated heterocycles. The van der Waals surface area contributed by atoms with Gasteiger partial charge in [-0.1, -0.05) is 30.4 Å².